The van der Waals surface area contributed by atoms with Crippen LogP contribution >= 0.6 is 11.6 Å². The molecule has 0 saturated heterocycles. The van der Waals surface area contributed by atoms with Gasteiger partial charge in [-0.1, -0.05) is 50.4 Å². The fraction of sp³-hybridized carbons (Fsp3) is 0.500. The van der Waals surface area contributed by atoms with Gasteiger partial charge in [0.15, 0.2) is 11.5 Å². The van der Waals surface area contributed by atoms with Crippen LogP contribution in [0.25, 0.3) is 0 Å². The molecular weight excluding hydrogens is 429 g/mol. The SMILES string of the molecule is CCCC[C@@H](CC)c1ccc(C2=Nc3c(N)nc(C(F)(F)F)nc3OC2(C)C)cc1Cl. The molecule has 5 nitrogen and oxygen atoms in total. The van der Waals surface area contributed by atoms with Crippen LogP contribution in [0.2, 0.25) is 5.02 Å². The predicted octanol–water partition coefficient (Wildman–Crippen LogP) is 6.71. The van der Waals surface area contributed by atoms with Crippen LogP contribution in [0.3, 0.4) is 0 Å². The Hall–Kier alpha value is -2.35. The molecule has 9 heteroatoms. The lowest BCUT2D eigenvalue weighted by Gasteiger charge is -2.32. The second kappa shape index (κ2) is 8.65. The molecule has 0 spiro atoms. The first-order valence-corrected chi connectivity index (χ1v) is 10.7. The number of fused-ring (bicyclic) bond motifs is 1. The predicted molar refractivity (Wildman–Crippen MR) is 116 cm³/mol. The summed E-state index contributed by atoms with van der Waals surface area (Å²) in [6.07, 6.45) is -0.451. The van der Waals surface area contributed by atoms with Crippen molar-refractivity contribution in [1.82, 2.24) is 9.97 Å². The average Bonchev–Trinajstić information content (AvgIpc) is 2.67. The van der Waals surface area contributed by atoms with Crippen LogP contribution in [0.5, 0.6) is 5.88 Å². The number of nitrogens with zero attached hydrogens (tertiary/aromatic N) is 3. The van der Waals surface area contributed by atoms with Gasteiger partial charge in [-0.05, 0) is 44.2 Å². The summed E-state index contributed by atoms with van der Waals surface area (Å²) < 4.78 is 44.9. The number of rotatable bonds is 6. The standard InChI is InChI=1S/C22H26ClF3N4O/c1-5-7-8-12(6-2)14-10-9-13(11-15(14)23)17-21(3,4)31-19-16(28-17)18(27)29-20(30-19)22(24,25)26/h9-12H,5-8H2,1-4H3,(H2,27,29,30)/t12-/m1/s1. The van der Waals surface area contributed by atoms with E-state index in [4.69, 9.17) is 22.1 Å². The third-order valence-corrected chi connectivity index (χ3v) is 5.72. The number of aliphatic imine (C=N–C) groups is 1. The number of nitrogen functional groups attached to an aromatic ring is 1. The van der Waals surface area contributed by atoms with Crippen LogP contribution in [0.15, 0.2) is 23.2 Å². The molecule has 3 rings (SSSR count). The molecule has 0 fully saturated rings. The van der Waals surface area contributed by atoms with Crippen molar-refractivity contribution in [2.45, 2.75) is 71.1 Å². The Morgan fingerprint density at radius 2 is 1.90 bits per heavy atom. The first kappa shape index (κ1) is 23.3. The average molecular weight is 455 g/mol. The number of ether oxygens (including phenoxy) is 1. The summed E-state index contributed by atoms with van der Waals surface area (Å²) in [5.74, 6) is -1.67. The minimum absolute atomic E-state index is 0.0168. The van der Waals surface area contributed by atoms with Gasteiger partial charge in [0.2, 0.25) is 11.7 Å². The van der Waals surface area contributed by atoms with Gasteiger partial charge < -0.3 is 10.5 Å². The van der Waals surface area contributed by atoms with E-state index >= 15 is 0 Å². The lowest BCUT2D eigenvalue weighted by molar-refractivity contribution is -0.145. The Balaban J connectivity index is 2.04. The second-order valence-electron chi connectivity index (χ2n) is 8.14. The molecule has 1 aliphatic heterocycles. The molecule has 0 aliphatic carbocycles. The fourth-order valence-corrected chi connectivity index (χ4v) is 4.07. The van der Waals surface area contributed by atoms with E-state index in [1.807, 2.05) is 18.2 Å². The Morgan fingerprint density at radius 1 is 1.19 bits per heavy atom. The molecule has 0 bridgehead atoms. The number of anilines is 1. The summed E-state index contributed by atoms with van der Waals surface area (Å²) in [7, 11) is 0. The topological polar surface area (TPSA) is 73.4 Å². The van der Waals surface area contributed by atoms with Crippen molar-refractivity contribution >= 4 is 28.8 Å². The number of unbranched alkanes of at least 4 members (excludes halogenated alkanes) is 1. The molecule has 2 N–H and O–H groups in total. The first-order valence-electron chi connectivity index (χ1n) is 10.3. The van der Waals surface area contributed by atoms with E-state index in [2.05, 4.69) is 28.8 Å². The van der Waals surface area contributed by atoms with Crippen molar-refractivity contribution in [3.05, 3.63) is 40.2 Å². The lowest BCUT2D eigenvalue weighted by Crippen LogP contribution is -2.41. The van der Waals surface area contributed by atoms with Crippen molar-refractivity contribution in [3.8, 4) is 5.88 Å². The van der Waals surface area contributed by atoms with Crippen LogP contribution in [0.4, 0.5) is 24.7 Å². The van der Waals surface area contributed by atoms with Gasteiger partial charge in [-0.2, -0.15) is 18.2 Å². The summed E-state index contributed by atoms with van der Waals surface area (Å²) in [6, 6.07) is 5.72. The summed E-state index contributed by atoms with van der Waals surface area (Å²) in [6.45, 7) is 7.71. The minimum atomic E-state index is -4.74. The monoisotopic (exact) mass is 454 g/mol. The number of halogens is 4. The summed E-state index contributed by atoms with van der Waals surface area (Å²) in [5.41, 5.74) is 6.97. The molecule has 1 atom stereocenters. The zero-order valence-corrected chi connectivity index (χ0v) is 18.7. The van der Waals surface area contributed by atoms with Gasteiger partial charge in [-0.3, -0.25) is 0 Å². The molecule has 1 aromatic heterocycles. The smallest absolute Gasteiger partial charge is 0.451 e. The third kappa shape index (κ3) is 4.79. The van der Waals surface area contributed by atoms with E-state index in [-0.39, 0.29) is 11.6 Å². The van der Waals surface area contributed by atoms with Gasteiger partial charge in [-0.15, -0.1) is 0 Å². The maximum absolute atomic E-state index is 13.0. The Labute approximate surface area is 184 Å². The Morgan fingerprint density at radius 3 is 2.48 bits per heavy atom. The van der Waals surface area contributed by atoms with Crippen LogP contribution < -0.4 is 10.5 Å². The van der Waals surface area contributed by atoms with E-state index < -0.39 is 23.4 Å². The summed E-state index contributed by atoms with van der Waals surface area (Å²) in [4.78, 5) is 11.3. The van der Waals surface area contributed by atoms with Crippen molar-refractivity contribution in [2.24, 2.45) is 4.99 Å². The van der Waals surface area contributed by atoms with E-state index in [0.29, 0.717) is 22.2 Å². The molecule has 0 unspecified atom stereocenters. The molecule has 1 aromatic carbocycles. The lowest BCUT2D eigenvalue weighted by atomic mass is 9.88. The Kier molecular flexibility index (Phi) is 6.51. The molecule has 31 heavy (non-hydrogen) atoms. The first-order chi connectivity index (χ1) is 14.5. The highest BCUT2D eigenvalue weighted by Gasteiger charge is 2.40. The summed E-state index contributed by atoms with van der Waals surface area (Å²) >= 11 is 6.63. The van der Waals surface area contributed by atoms with Crippen molar-refractivity contribution < 1.29 is 17.9 Å². The molecule has 1 aliphatic rings. The zero-order valence-electron chi connectivity index (χ0n) is 18.0. The van der Waals surface area contributed by atoms with E-state index in [9.17, 15) is 13.2 Å². The van der Waals surface area contributed by atoms with Gasteiger partial charge in [0.1, 0.15) is 5.60 Å². The van der Waals surface area contributed by atoms with Crippen molar-refractivity contribution in [1.29, 1.82) is 0 Å². The number of alkyl halides is 3. The largest absolute Gasteiger partial charge is 0.463 e. The van der Waals surface area contributed by atoms with Gasteiger partial charge in [0, 0.05) is 10.6 Å². The van der Waals surface area contributed by atoms with Crippen LogP contribution in [0.1, 0.15) is 76.2 Å². The number of benzene rings is 1. The van der Waals surface area contributed by atoms with Crippen molar-refractivity contribution in [3.63, 3.8) is 0 Å². The third-order valence-electron chi connectivity index (χ3n) is 5.39. The molecule has 0 saturated carbocycles. The summed E-state index contributed by atoms with van der Waals surface area (Å²) in [5, 5.41) is 0.626. The molecule has 0 amide bonds. The highest BCUT2D eigenvalue weighted by Crippen LogP contribution is 2.42. The van der Waals surface area contributed by atoms with Gasteiger partial charge in [-0.25, -0.2) is 9.98 Å². The van der Waals surface area contributed by atoms with Crippen LogP contribution in [-0.4, -0.2) is 21.3 Å². The minimum Gasteiger partial charge on any atom is -0.463 e. The van der Waals surface area contributed by atoms with Gasteiger partial charge in [0.05, 0.1) is 5.71 Å². The van der Waals surface area contributed by atoms with Crippen LogP contribution in [0, 0.1) is 0 Å². The zero-order chi connectivity index (χ0) is 23.0. The highest BCUT2D eigenvalue weighted by atomic mass is 35.5. The molecule has 0 radical (unpaired) electrons. The Bertz CT molecular complexity index is 1000. The number of hydrogen-bond acceptors (Lipinski definition) is 5. The molecule has 2 heterocycles. The maximum atomic E-state index is 13.0. The van der Waals surface area contributed by atoms with E-state index in [1.54, 1.807) is 13.8 Å². The maximum Gasteiger partial charge on any atom is 0.451 e. The van der Waals surface area contributed by atoms with Crippen LogP contribution in [-0.2, 0) is 6.18 Å². The van der Waals surface area contributed by atoms with Gasteiger partial charge in [0.25, 0.3) is 0 Å². The second-order valence-corrected chi connectivity index (χ2v) is 8.55. The van der Waals surface area contributed by atoms with Gasteiger partial charge >= 0.3 is 6.18 Å². The highest BCUT2D eigenvalue weighted by molar-refractivity contribution is 6.32. The number of nitrogens with two attached hydrogens (primary N) is 1. The van der Waals surface area contributed by atoms with Crippen molar-refractivity contribution in [2.75, 3.05) is 5.73 Å². The molecular formula is C22H26ClF3N4O. The number of aromatic nitrogens is 2. The fourth-order valence-electron chi connectivity index (χ4n) is 3.74. The van der Waals surface area contributed by atoms with E-state index in [0.717, 1.165) is 31.2 Å². The van der Waals surface area contributed by atoms with E-state index in [1.165, 1.54) is 0 Å². The normalized spacial score (nSPS) is 16.3. The number of hydrogen-bond donors (Lipinski definition) is 1. The quantitative estimate of drug-likeness (QED) is 0.526. The molecule has 168 valence electrons. The molecule has 2 aromatic rings.